The van der Waals surface area contributed by atoms with E-state index in [2.05, 4.69) is 10.6 Å². The molecule has 1 atom stereocenters. The Kier molecular flexibility index (Phi) is 6.22. The Morgan fingerprint density at radius 3 is 2.17 bits per heavy atom. The van der Waals surface area contributed by atoms with Crippen molar-refractivity contribution >= 4 is 15.9 Å². The zero-order chi connectivity index (χ0) is 21.1. The van der Waals surface area contributed by atoms with Gasteiger partial charge in [0.1, 0.15) is 6.04 Å². The first-order valence-electron chi connectivity index (χ1n) is 10.6. The molecule has 2 fully saturated rings. The summed E-state index contributed by atoms with van der Waals surface area (Å²) in [6.07, 6.45) is 3.43. The van der Waals surface area contributed by atoms with E-state index in [1.807, 2.05) is 49.4 Å². The lowest BCUT2D eigenvalue weighted by atomic mass is 10.0. The molecule has 1 saturated carbocycles. The standard InChI is InChI=1S/C23H29N3O3S/c1-17-7-11-21(12-8-17)30(28,29)26-15-13-20(14-16-26)24-22(18-5-3-2-4-6-18)23(27)25-19-9-10-19/h2-8,11-12,19-20,22,24H,9-10,13-16H2,1H3,(H,25,27). The molecule has 7 heteroatoms. The highest BCUT2D eigenvalue weighted by molar-refractivity contribution is 7.89. The van der Waals surface area contributed by atoms with Gasteiger partial charge in [0.05, 0.1) is 4.90 Å². The van der Waals surface area contributed by atoms with Crippen molar-refractivity contribution < 1.29 is 13.2 Å². The van der Waals surface area contributed by atoms with Crippen LogP contribution in [0.15, 0.2) is 59.5 Å². The number of aryl methyl sites for hydroxylation is 1. The number of piperidine rings is 1. The van der Waals surface area contributed by atoms with Gasteiger partial charge in [-0.25, -0.2) is 8.42 Å². The topological polar surface area (TPSA) is 78.5 Å². The number of carbonyl (C=O) groups excluding carboxylic acids is 1. The van der Waals surface area contributed by atoms with Crippen molar-refractivity contribution in [3.63, 3.8) is 0 Å². The molecule has 0 bridgehead atoms. The highest BCUT2D eigenvalue weighted by Crippen LogP contribution is 2.25. The second-order valence-electron chi connectivity index (χ2n) is 8.28. The van der Waals surface area contributed by atoms with E-state index < -0.39 is 16.1 Å². The summed E-state index contributed by atoms with van der Waals surface area (Å²) in [6, 6.07) is 16.7. The number of benzene rings is 2. The summed E-state index contributed by atoms with van der Waals surface area (Å²) in [4.78, 5) is 13.2. The third kappa shape index (κ3) is 4.91. The van der Waals surface area contributed by atoms with Crippen LogP contribution in [0.2, 0.25) is 0 Å². The molecule has 0 radical (unpaired) electrons. The van der Waals surface area contributed by atoms with E-state index in [9.17, 15) is 13.2 Å². The number of sulfonamides is 1. The number of carbonyl (C=O) groups is 1. The summed E-state index contributed by atoms with van der Waals surface area (Å²) in [5, 5.41) is 6.58. The van der Waals surface area contributed by atoms with Gasteiger partial charge in [-0.1, -0.05) is 48.0 Å². The third-order valence-electron chi connectivity index (χ3n) is 5.83. The predicted molar refractivity (Wildman–Crippen MR) is 116 cm³/mol. The Hall–Kier alpha value is -2.22. The molecular weight excluding hydrogens is 398 g/mol. The van der Waals surface area contributed by atoms with Crippen molar-refractivity contribution in [2.45, 2.75) is 55.6 Å². The molecule has 2 aromatic carbocycles. The van der Waals surface area contributed by atoms with E-state index in [4.69, 9.17) is 0 Å². The van der Waals surface area contributed by atoms with Gasteiger partial charge >= 0.3 is 0 Å². The fraction of sp³-hybridized carbons (Fsp3) is 0.435. The first-order valence-corrected chi connectivity index (χ1v) is 12.1. The second kappa shape index (κ2) is 8.88. The normalized spacial score (nSPS) is 19.4. The number of rotatable bonds is 7. The average molecular weight is 428 g/mol. The van der Waals surface area contributed by atoms with Gasteiger partial charge in [-0.05, 0) is 50.3 Å². The van der Waals surface area contributed by atoms with E-state index in [1.165, 1.54) is 0 Å². The smallest absolute Gasteiger partial charge is 0.243 e. The van der Waals surface area contributed by atoms with Crippen LogP contribution in [-0.2, 0) is 14.8 Å². The summed E-state index contributed by atoms with van der Waals surface area (Å²) in [7, 11) is -3.48. The molecule has 0 spiro atoms. The molecule has 2 N–H and O–H groups in total. The van der Waals surface area contributed by atoms with Crippen molar-refractivity contribution in [1.82, 2.24) is 14.9 Å². The van der Waals surface area contributed by atoms with Crippen LogP contribution in [0.4, 0.5) is 0 Å². The summed E-state index contributed by atoms with van der Waals surface area (Å²) in [5.41, 5.74) is 1.97. The quantitative estimate of drug-likeness (QED) is 0.712. The minimum atomic E-state index is -3.48. The molecule has 1 saturated heterocycles. The highest BCUT2D eigenvalue weighted by atomic mass is 32.2. The lowest BCUT2D eigenvalue weighted by molar-refractivity contribution is -0.123. The van der Waals surface area contributed by atoms with E-state index in [-0.39, 0.29) is 11.9 Å². The molecule has 1 unspecified atom stereocenters. The average Bonchev–Trinajstić information content (AvgIpc) is 3.57. The summed E-state index contributed by atoms with van der Waals surface area (Å²) in [5.74, 6) is -0.00148. The zero-order valence-electron chi connectivity index (χ0n) is 17.3. The number of nitrogens with one attached hydrogen (secondary N) is 2. The maximum absolute atomic E-state index is 12.9. The van der Waals surface area contributed by atoms with E-state index in [1.54, 1.807) is 16.4 Å². The molecular formula is C23H29N3O3S. The lowest BCUT2D eigenvalue weighted by Gasteiger charge is -2.33. The number of nitrogens with zero attached hydrogens (tertiary/aromatic N) is 1. The fourth-order valence-electron chi connectivity index (χ4n) is 3.84. The van der Waals surface area contributed by atoms with Gasteiger partial charge in [-0.2, -0.15) is 4.31 Å². The van der Waals surface area contributed by atoms with Crippen LogP contribution < -0.4 is 10.6 Å². The van der Waals surface area contributed by atoms with Crippen molar-refractivity contribution in [2.24, 2.45) is 0 Å². The highest BCUT2D eigenvalue weighted by Gasteiger charge is 2.33. The summed E-state index contributed by atoms with van der Waals surface area (Å²) in [6.45, 7) is 2.83. The first kappa shape index (κ1) is 21.0. The largest absolute Gasteiger partial charge is 0.352 e. The molecule has 30 heavy (non-hydrogen) atoms. The number of hydrogen-bond donors (Lipinski definition) is 2. The summed E-state index contributed by atoms with van der Waals surface area (Å²) >= 11 is 0. The third-order valence-corrected chi connectivity index (χ3v) is 7.75. The SMILES string of the molecule is Cc1ccc(S(=O)(=O)N2CCC(NC(C(=O)NC3CC3)c3ccccc3)CC2)cc1. The van der Waals surface area contributed by atoms with Gasteiger partial charge in [0.25, 0.3) is 0 Å². The van der Waals surface area contributed by atoms with Crippen LogP contribution in [0.25, 0.3) is 0 Å². The Morgan fingerprint density at radius 2 is 1.57 bits per heavy atom. The first-order chi connectivity index (χ1) is 14.4. The van der Waals surface area contributed by atoms with Crippen LogP contribution in [0.3, 0.4) is 0 Å². The van der Waals surface area contributed by atoms with Crippen molar-refractivity contribution in [2.75, 3.05) is 13.1 Å². The van der Waals surface area contributed by atoms with Crippen molar-refractivity contribution in [3.8, 4) is 0 Å². The molecule has 1 aliphatic carbocycles. The Bertz CT molecular complexity index is 965. The van der Waals surface area contributed by atoms with E-state index >= 15 is 0 Å². The van der Waals surface area contributed by atoms with Gasteiger partial charge < -0.3 is 5.32 Å². The minimum absolute atomic E-state index is 0.00148. The molecule has 2 aliphatic rings. The van der Waals surface area contributed by atoms with Crippen LogP contribution in [0, 0.1) is 6.92 Å². The van der Waals surface area contributed by atoms with Crippen LogP contribution in [0.1, 0.15) is 42.9 Å². The molecule has 4 rings (SSSR count). The molecule has 2 aromatic rings. The number of hydrogen-bond acceptors (Lipinski definition) is 4. The van der Waals surface area contributed by atoms with Gasteiger partial charge in [-0.3, -0.25) is 10.1 Å². The maximum Gasteiger partial charge on any atom is 0.243 e. The van der Waals surface area contributed by atoms with E-state index in [0.29, 0.717) is 36.9 Å². The Labute approximate surface area is 178 Å². The Morgan fingerprint density at radius 1 is 0.933 bits per heavy atom. The van der Waals surface area contributed by atoms with Crippen LogP contribution >= 0.6 is 0 Å². The monoisotopic (exact) mass is 427 g/mol. The minimum Gasteiger partial charge on any atom is -0.352 e. The second-order valence-corrected chi connectivity index (χ2v) is 10.2. The van der Waals surface area contributed by atoms with Crippen LogP contribution in [0.5, 0.6) is 0 Å². The molecule has 1 amide bonds. The van der Waals surface area contributed by atoms with Gasteiger partial charge in [-0.15, -0.1) is 0 Å². The maximum atomic E-state index is 12.9. The Balaban J connectivity index is 1.40. The van der Waals surface area contributed by atoms with Crippen molar-refractivity contribution in [3.05, 3.63) is 65.7 Å². The molecule has 1 aliphatic heterocycles. The zero-order valence-corrected chi connectivity index (χ0v) is 18.1. The predicted octanol–water partition coefficient (Wildman–Crippen LogP) is 2.76. The van der Waals surface area contributed by atoms with Gasteiger partial charge in [0.2, 0.25) is 15.9 Å². The molecule has 0 aromatic heterocycles. The molecule has 6 nitrogen and oxygen atoms in total. The number of amides is 1. The fourth-order valence-corrected chi connectivity index (χ4v) is 5.31. The van der Waals surface area contributed by atoms with E-state index in [0.717, 1.165) is 24.0 Å². The van der Waals surface area contributed by atoms with Gasteiger partial charge in [0, 0.05) is 25.2 Å². The lowest BCUT2D eigenvalue weighted by Crippen LogP contribution is -2.48. The molecule has 1 heterocycles. The summed E-state index contributed by atoms with van der Waals surface area (Å²) < 4.78 is 27.4. The van der Waals surface area contributed by atoms with Crippen molar-refractivity contribution in [1.29, 1.82) is 0 Å². The molecule has 160 valence electrons. The van der Waals surface area contributed by atoms with Crippen LogP contribution in [-0.4, -0.2) is 43.8 Å². The van der Waals surface area contributed by atoms with Gasteiger partial charge in [0.15, 0.2) is 0 Å².